The lowest BCUT2D eigenvalue weighted by Gasteiger charge is -2.36. The van der Waals surface area contributed by atoms with E-state index in [1.165, 1.54) is 7.11 Å². The first kappa shape index (κ1) is 21.4. The molecule has 1 saturated carbocycles. The molecule has 0 radical (unpaired) electrons. The second-order valence-corrected chi connectivity index (χ2v) is 13.8. The van der Waals surface area contributed by atoms with E-state index >= 15 is 0 Å². The summed E-state index contributed by atoms with van der Waals surface area (Å²) in [6, 6.07) is 0. The molecule has 0 saturated heterocycles. The highest BCUT2D eigenvalue weighted by molar-refractivity contribution is 6.74. The van der Waals surface area contributed by atoms with Crippen molar-refractivity contribution in [2.75, 3.05) is 13.7 Å². The molecule has 4 heteroatoms. The molecule has 0 heterocycles. The summed E-state index contributed by atoms with van der Waals surface area (Å²) in [4.78, 5) is 12.5. The van der Waals surface area contributed by atoms with Gasteiger partial charge in [0.2, 0.25) is 0 Å². The van der Waals surface area contributed by atoms with Crippen LogP contribution in [0.3, 0.4) is 0 Å². The van der Waals surface area contributed by atoms with Gasteiger partial charge in [0, 0.05) is 6.61 Å². The van der Waals surface area contributed by atoms with E-state index in [-0.39, 0.29) is 22.3 Å². The summed E-state index contributed by atoms with van der Waals surface area (Å²) in [6.07, 6.45) is 5.98. The molecule has 1 aliphatic carbocycles. The number of ether oxygens (including phenoxy) is 1. The van der Waals surface area contributed by atoms with Gasteiger partial charge in [-0.2, -0.15) is 0 Å². The van der Waals surface area contributed by atoms with Crippen LogP contribution in [0.5, 0.6) is 0 Å². The number of hydrogen-bond donors (Lipinski definition) is 0. The van der Waals surface area contributed by atoms with Crippen LogP contribution >= 0.6 is 0 Å². The van der Waals surface area contributed by atoms with Crippen molar-refractivity contribution in [1.29, 1.82) is 0 Å². The Morgan fingerprint density at radius 2 is 1.92 bits per heavy atom. The SMILES string of the molecule is C=C(C)[C@H]1CCC[C@@]1(CCCCO[Si](C)(C)C(C)(C)C)C(=O)OC. The third kappa shape index (κ3) is 4.72. The number of rotatable bonds is 8. The number of esters is 1. The fourth-order valence-electron chi connectivity index (χ4n) is 3.73. The van der Waals surface area contributed by atoms with Crippen molar-refractivity contribution in [3.8, 4) is 0 Å². The monoisotopic (exact) mass is 354 g/mol. The summed E-state index contributed by atoms with van der Waals surface area (Å²) in [5.41, 5.74) is 0.771. The van der Waals surface area contributed by atoms with Crippen LogP contribution < -0.4 is 0 Å². The standard InChI is InChI=1S/C20H38O3Si/c1-16(2)17-12-11-14-20(17,18(21)22-6)13-9-10-15-23-24(7,8)19(3,4)5/h17H,1,9-15H2,2-8H3/t17-,20-/m1/s1. The molecule has 140 valence electrons. The normalized spacial score (nSPS) is 24.9. The van der Waals surface area contributed by atoms with E-state index < -0.39 is 8.32 Å². The molecule has 0 aromatic carbocycles. The number of allylic oxidation sites excluding steroid dienone is 1. The van der Waals surface area contributed by atoms with E-state index in [0.717, 1.165) is 50.7 Å². The first-order valence-electron chi connectivity index (χ1n) is 9.36. The molecule has 1 rings (SSSR count). The largest absolute Gasteiger partial charge is 0.469 e. The van der Waals surface area contributed by atoms with E-state index in [9.17, 15) is 4.79 Å². The van der Waals surface area contributed by atoms with Gasteiger partial charge in [0.05, 0.1) is 12.5 Å². The molecule has 0 aromatic heterocycles. The fourth-order valence-corrected chi connectivity index (χ4v) is 4.81. The molecule has 0 amide bonds. The predicted octanol–water partition coefficient (Wildman–Crippen LogP) is 5.71. The van der Waals surface area contributed by atoms with Gasteiger partial charge in [0.15, 0.2) is 8.32 Å². The molecule has 0 bridgehead atoms. The predicted molar refractivity (Wildman–Crippen MR) is 104 cm³/mol. The zero-order valence-corrected chi connectivity index (χ0v) is 18.0. The van der Waals surface area contributed by atoms with Crippen LogP contribution in [0.15, 0.2) is 12.2 Å². The Labute approximate surface area is 150 Å². The topological polar surface area (TPSA) is 35.5 Å². The summed E-state index contributed by atoms with van der Waals surface area (Å²) in [6.45, 7) is 18.3. The van der Waals surface area contributed by atoms with Crippen LogP contribution in [0.1, 0.15) is 66.2 Å². The van der Waals surface area contributed by atoms with Crippen LogP contribution in [0.25, 0.3) is 0 Å². The Bertz CT molecular complexity index is 450. The maximum Gasteiger partial charge on any atom is 0.312 e. The van der Waals surface area contributed by atoms with Gasteiger partial charge in [-0.15, -0.1) is 0 Å². The molecule has 2 atom stereocenters. The van der Waals surface area contributed by atoms with Gasteiger partial charge in [-0.1, -0.05) is 45.8 Å². The van der Waals surface area contributed by atoms with E-state index in [4.69, 9.17) is 9.16 Å². The maximum absolute atomic E-state index is 12.5. The van der Waals surface area contributed by atoms with Crippen LogP contribution in [-0.4, -0.2) is 28.0 Å². The van der Waals surface area contributed by atoms with E-state index in [1.807, 2.05) is 6.92 Å². The van der Waals surface area contributed by atoms with Gasteiger partial charge in [0.1, 0.15) is 0 Å². The molecule has 1 fully saturated rings. The average molecular weight is 355 g/mol. The van der Waals surface area contributed by atoms with Gasteiger partial charge < -0.3 is 9.16 Å². The number of unbranched alkanes of at least 4 members (excludes halogenated alkanes) is 1. The van der Waals surface area contributed by atoms with Crippen LogP contribution in [0.4, 0.5) is 0 Å². The Morgan fingerprint density at radius 3 is 2.42 bits per heavy atom. The van der Waals surface area contributed by atoms with Crippen molar-refractivity contribution in [2.24, 2.45) is 11.3 Å². The minimum absolute atomic E-state index is 0.0432. The molecule has 0 spiro atoms. The van der Waals surface area contributed by atoms with Crippen LogP contribution in [0, 0.1) is 11.3 Å². The Kier molecular flexibility index (Phi) is 7.30. The Balaban J connectivity index is 2.59. The maximum atomic E-state index is 12.5. The lowest BCUT2D eigenvalue weighted by molar-refractivity contribution is -0.155. The van der Waals surface area contributed by atoms with Gasteiger partial charge >= 0.3 is 5.97 Å². The first-order chi connectivity index (χ1) is 11.0. The van der Waals surface area contributed by atoms with Gasteiger partial charge in [-0.3, -0.25) is 4.79 Å². The molecule has 0 unspecified atom stereocenters. The number of hydrogen-bond acceptors (Lipinski definition) is 3. The van der Waals surface area contributed by atoms with Crippen molar-refractivity contribution in [3.05, 3.63) is 12.2 Å². The van der Waals surface area contributed by atoms with E-state index in [2.05, 4.69) is 40.4 Å². The van der Waals surface area contributed by atoms with Crippen LogP contribution in [0.2, 0.25) is 18.1 Å². The number of carbonyl (C=O) groups is 1. The summed E-state index contributed by atoms with van der Waals surface area (Å²) < 4.78 is 11.4. The fraction of sp³-hybridized carbons (Fsp3) is 0.850. The quantitative estimate of drug-likeness (QED) is 0.242. The van der Waals surface area contributed by atoms with Crippen molar-refractivity contribution >= 4 is 14.3 Å². The summed E-state index contributed by atoms with van der Waals surface area (Å²) in [5.74, 6) is 0.226. The molecular formula is C20H38O3Si. The zero-order chi connectivity index (χ0) is 18.6. The van der Waals surface area contributed by atoms with Crippen molar-refractivity contribution < 1.29 is 14.0 Å². The molecule has 1 aliphatic rings. The summed E-state index contributed by atoms with van der Waals surface area (Å²) in [7, 11) is -0.159. The average Bonchev–Trinajstić information content (AvgIpc) is 2.90. The lowest BCUT2D eigenvalue weighted by Crippen LogP contribution is -2.41. The lowest BCUT2D eigenvalue weighted by atomic mass is 9.71. The van der Waals surface area contributed by atoms with Gasteiger partial charge in [-0.05, 0) is 56.7 Å². The summed E-state index contributed by atoms with van der Waals surface area (Å²) >= 11 is 0. The summed E-state index contributed by atoms with van der Waals surface area (Å²) in [5, 5.41) is 0.247. The van der Waals surface area contributed by atoms with E-state index in [0.29, 0.717) is 0 Å². The highest BCUT2D eigenvalue weighted by Gasteiger charge is 2.49. The van der Waals surface area contributed by atoms with Crippen molar-refractivity contribution in [3.63, 3.8) is 0 Å². The second-order valence-electron chi connectivity index (χ2n) is 9.00. The van der Waals surface area contributed by atoms with Gasteiger partial charge in [0.25, 0.3) is 0 Å². The molecule has 24 heavy (non-hydrogen) atoms. The highest BCUT2D eigenvalue weighted by atomic mass is 28.4. The third-order valence-corrected chi connectivity index (χ3v) is 10.8. The zero-order valence-electron chi connectivity index (χ0n) is 17.0. The highest BCUT2D eigenvalue weighted by Crippen LogP contribution is 2.50. The van der Waals surface area contributed by atoms with Crippen molar-refractivity contribution in [2.45, 2.75) is 84.4 Å². The Hall–Kier alpha value is -0.613. The molecule has 0 aliphatic heterocycles. The first-order valence-corrected chi connectivity index (χ1v) is 12.3. The van der Waals surface area contributed by atoms with E-state index in [1.54, 1.807) is 0 Å². The molecule has 0 N–H and O–H groups in total. The van der Waals surface area contributed by atoms with Gasteiger partial charge in [-0.25, -0.2) is 0 Å². The third-order valence-electron chi connectivity index (χ3n) is 6.26. The number of methoxy groups -OCH3 is 1. The molecule has 3 nitrogen and oxygen atoms in total. The Morgan fingerprint density at radius 1 is 1.29 bits per heavy atom. The minimum Gasteiger partial charge on any atom is -0.469 e. The number of carbonyl (C=O) groups excluding carboxylic acids is 1. The molecule has 0 aromatic rings. The van der Waals surface area contributed by atoms with Crippen molar-refractivity contribution in [1.82, 2.24) is 0 Å². The van der Waals surface area contributed by atoms with Crippen LogP contribution in [-0.2, 0) is 14.0 Å². The minimum atomic E-state index is -1.67. The molecular weight excluding hydrogens is 316 g/mol. The second kappa shape index (κ2) is 8.18. The smallest absolute Gasteiger partial charge is 0.312 e.